The molecule has 5 aliphatic carbocycles. The van der Waals surface area contributed by atoms with Gasteiger partial charge in [0.05, 0.1) is 25.0 Å². The van der Waals surface area contributed by atoms with Crippen molar-refractivity contribution < 1.29 is 38.2 Å². The predicted octanol–water partition coefficient (Wildman–Crippen LogP) is 7.96. The molecule has 10 heteroatoms. The zero-order valence-electron chi connectivity index (χ0n) is 36.7. The number of allylic oxidation sites excluding steroid dienone is 1. The second-order valence-corrected chi connectivity index (χ2v) is 20.6. The summed E-state index contributed by atoms with van der Waals surface area (Å²) in [6.07, 6.45) is 8.80. The second-order valence-electron chi connectivity index (χ2n) is 20.6. The highest BCUT2D eigenvalue weighted by molar-refractivity contribution is 5.90. The zero-order chi connectivity index (χ0) is 41.8. The molecule has 0 spiro atoms. The van der Waals surface area contributed by atoms with Crippen LogP contribution in [0.2, 0.25) is 0 Å². The van der Waals surface area contributed by atoms with Crippen molar-refractivity contribution in [2.75, 3.05) is 14.2 Å². The molecule has 0 aliphatic heterocycles. The molecule has 5 saturated carbocycles. The largest absolute Gasteiger partial charge is 0.467 e. The molecule has 5 aliphatic rings. The average molecular weight is 783 g/mol. The van der Waals surface area contributed by atoms with Crippen LogP contribution < -0.4 is 10.6 Å². The van der Waals surface area contributed by atoms with Gasteiger partial charge in [-0.15, -0.1) is 0 Å². The number of fused-ring (bicyclic) bond motifs is 7. The van der Waals surface area contributed by atoms with Crippen LogP contribution in [-0.2, 0) is 38.2 Å². The molecule has 56 heavy (non-hydrogen) atoms. The Hall–Kier alpha value is -2.91. The molecular formula is C46H74N2O8. The molecule has 0 unspecified atom stereocenters. The third kappa shape index (κ3) is 7.13. The first-order valence-corrected chi connectivity index (χ1v) is 21.7. The number of esters is 3. The lowest BCUT2D eigenvalue weighted by Gasteiger charge is -2.72. The molecule has 2 N–H and O–H groups in total. The minimum absolute atomic E-state index is 0.000551. The highest BCUT2D eigenvalue weighted by Crippen LogP contribution is 2.77. The summed E-state index contributed by atoms with van der Waals surface area (Å²) >= 11 is 0. The van der Waals surface area contributed by atoms with E-state index in [0.717, 1.165) is 63.4 Å². The van der Waals surface area contributed by atoms with Gasteiger partial charge in [-0.25, -0.2) is 9.59 Å². The van der Waals surface area contributed by atoms with Gasteiger partial charge < -0.3 is 24.8 Å². The Morgan fingerprint density at radius 1 is 0.679 bits per heavy atom. The fourth-order valence-electron chi connectivity index (χ4n) is 14.2. The summed E-state index contributed by atoms with van der Waals surface area (Å²) in [5.74, 6) is -0.295. The summed E-state index contributed by atoms with van der Waals surface area (Å²) in [5, 5.41) is 6.34. The van der Waals surface area contributed by atoms with Crippen LogP contribution in [0, 0.1) is 68.5 Å². The fourth-order valence-corrected chi connectivity index (χ4v) is 14.2. The Balaban J connectivity index is 1.51. The molecule has 0 bridgehead atoms. The Labute approximate surface area is 337 Å². The van der Waals surface area contributed by atoms with Gasteiger partial charge >= 0.3 is 17.9 Å². The third-order valence-electron chi connectivity index (χ3n) is 16.9. The van der Waals surface area contributed by atoms with E-state index in [-0.39, 0.29) is 63.6 Å². The quantitative estimate of drug-likeness (QED) is 0.116. The maximum Gasteiger partial charge on any atom is 0.328 e. The normalized spacial score (nSPS) is 39.8. The van der Waals surface area contributed by atoms with E-state index in [2.05, 4.69) is 58.8 Å². The van der Waals surface area contributed by atoms with E-state index in [1.54, 1.807) is 0 Å². The molecule has 316 valence electrons. The van der Waals surface area contributed by atoms with Gasteiger partial charge in [0.1, 0.15) is 18.2 Å². The standard InChI is InChI=1S/C46H74N2O8/c1-26(2)24-32(38(50)54-12)47-40(52)45(11)35-17-20-44(10)34(42(35,8)19-18-36(45)56-29(7)49)15-14-31-37-30(28(5)6)16-21-46(37,23-22-43(31,44)9)41(53)48-33(25-27(3)4)39(51)55-13/h26-27,30-37H,5,14-25H2,1-4,6-13H3,(H,47,52)(H,48,53)/t30-,31+,32-,33-,34+,35+,36+,37+,42+,43+,44+,45-,46-/m0/s1. The van der Waals surface area contributed by atoms with Crippen molar-refractivity contribution in [3.05, 3.63) is 12.2 Å². The van der Waals surface area contributed by atoms with Gasteiger partial charge in [-0.2, -0.15) is 0 Å². The molecular weight excluding hydrogens is 709 g/mol. The molecule has 0 aromatic rings. The predicted molar refractivity (Wildman–Crippen MR) is 216 cm³/mol. The number of carbonyl (C=O) groups is 5. The summed E-state index contributed by atoms with van der Waals surface area (Å²) in [4.78, 5) is 68.0. The van der Waals surface area contributed by atoms with Gasteiger partial charge in [-0.05, 0) is 149 Å². The van der Waals surface area contributed by atoms with Crippen molar-refractivity contribution >= 4 is 29.7 Å². The van der Waals surface area contributed by atoms with Crippen molar-refractivity contribution in [2.45, 2.75) is 164 Å². The maximum absolute atomic E-state index is 14.8. The van der Waals surface area contributed by atoms with E-state index in [4.69, 9.17) is 14.2 Å². The third-order valence-corrected chi connectivity index (χ3v) is 16.9. The minimum atomic E-state index is -1.05. The van der Waals surface area contributed by atoms with Crippen LogP contribution in [0.1, 0.15) is 146 Å². The van der Waals surface area contributed by atoms with Crippen LogP contribution in [0.25, 0.3) is 0 Å². The summed E-state index contributed by atoms with van der Waals surface area (Å²) in [6, 6.07) is -1.47. The molecule has 2 amide bonds. The zero-order valence-corrected chi connectivity index (χ0v) is 36.7. The number of ether oxygens (including phenoxy) is 3. The molecule has 0 saturated heterocycles. The van der Waals surface area contributed by atoms with Crippen molar-refractivity contribution in [3.8, 4) is 0 Å². The van der Waals surface area contributed by atoms with Gasteiger partial charge in [0, 0.05) is 6.92 Å². The van der Waals surface area contributed by atoms with Crippen LogP contribution in [0.15, 0.2) is 12.2 Å². The van der Waals surface area contributed by atoms with Crippen LogP contribution in [-0.4, -0.2) is 62.1 Å². The van der Waals surface area contributed by atoms with Gasteiger partial charge in [-0.3, -0.25) is 14.4 Å². The lowest BCUT2D eigenvalue weighted by molar-refractivity contribution is -0.249. The van der Waals surface area contributed by atoms with E-state index >= 15 is 0 Å². The van der Waals surface area contributed by atoms with E-state index in [0.29, 0.717) is 25.2 Å². The lowest BCUT2D eigenvalue weighted by Crippen LogP contribution is -2.69. The first-order valence-electron chi connectivity index (χ1n) is 21.7. The SMILES string of the molecule is C=C(C)[C@@H]1CC[C@]2(C(=O)N[C@@H](CC(C)C)C(=O)OC)CC[C@]3(C)[C@H](CC[C@@H]4[C@@]5(C)CC[C@@H](OC(C)=O)[C@@](C)(C(=O)N[C@@H](CC(C)C)C(=O)OC)[C@@H]5CC[C@]43C)[C@@H]12. The molecule has 0 aromatic carbocycles. The van der Waals surface area contributed by atoms with Gasteiger partial charge in [0.15, 0.2) is 0 Å². The van der Waals surface area contributed by atoms with Gasteiger partial charge in [0.25, 0.3) is 0 Å². The summed E-state index contributed by atoms with van der Waals surface area (Å²) in [5.41, 5.74) is -0.875. The Morgan fingerprint density at radius 3 is 1.77 bits per heavy atom. The molecule has 5 fully saturated rings. The number of amides is 2. The highest BCUT2D eigenvalue weighted by atomic mass is 16.5. The minimum Gasteiger partial charge on any atom is -0.467 e. The van der Waals surface area contributed by atoms with Gasteiger partial charge in [0.2, 0.25) is 11.8 Å². The van der Waals surface area contributed by atoms with Crippen LogP contribution in [0.5, 0.6) is 0 Å². The highest BCUT2D eigenvalue weighted by Gasteiger charge is 2.73. The Morgan fingerprint density at radius 2 is 1.25 bits per heavy atom. The van der Waals surface area contributed by atoms with E-state index in [1.165, 1.54) is 21.1 Å². The van der Waals surface area contributed by atoms with Gasteiger partial charge in [-0.1, -0.05) is 60.6 Å². The second kappa shape index (κ2) is 16.0. The van der Waals surface area contributed by atoms with Crippen molar-refractivity contribution in [3.63, 3.8) is 0 Å². The molecule has 0 radical (unpaired) electrons. The summed E-state index contributed by atoms with van der Waals surface area (Å²) < 4.78 is 16.3. The first-order chi connectivity index (χ1) is 26.1. The van der Waals surface area contributed by atoms with Crippen molar-refractivity contribution in [1.82, 2.24) is 10.6 Å². The summed E-state index contributed by atoms with van der Waals surface area (Å²) in [7, 11) is 2.74. The monoisotopic (exact) mass is 783 g/mol. The van der Waals surface area contributed by atoms with Crippen molar-refractivity contribution in [2.24, 2.45) is 68.5 Å². The molecule has 13 atom stereocenters. The van der Waals surface area contributed by atoms with Crippen LogP contribution >= 0.6 is 0 Å². The fraction of sp³-hybridized carbons (Fsp3) is 0.848. The smallest absolute Gasteiger partial charge is 0.328 e. The van der Waals surface area contributed by atoms with Crippen LogP contribution in [0.3, 0.4) is 0 Å². The average Bonchev–Trinajstić information content (AvgIpc) is 3.53. The number of nitrogens with one attached hydrogen (secondary N) is 2. The van der Waals surface area contributed by atoms with E-state index in [1.807, 2.05) is 20.8 Å². The lowest BCUT2D eigenvalue weighted by atomic mass is 9.32. The molecule has 5 rings (SSSR count). The summed E-state index contributed by atoms with van der Waals surface area (Å²) in [6.45, 7) is 25.5. The van der Waals surface area contributed by atoms with E-state index in [9.17, 15) is 24.0 Å². The number of rotatable bonds is 12. The van der Waals surface area contributed by atoms with Crippen molar-refractivity contribution in [1.29, 1.82) is 0 Å². The van der Waals surface area contributed by atoms with Crippen LogP contribution in [0.4, 0.5) is 0 Å². The number of carbonyl (C=O) groups excluding carboxylic acids is 5. The number of hydrogen-bond donors (Lipinski definition) is 2. The molecule has 0 aromatic heterocycles. The molecule has 10 nitrogen and oxygen atoms in total. The maximum atomic E-state index is 14.8. The first kappa shape index (κ1) is 44.2. The Bertz CT molecular complexity index is 1560. The number of hydrogen-bond acceptors (Lipinski definition) is 8. The topological polar surface area (TPSA) is 137 Å². The van der Waals surface area contributed by atoms with E-state index < -0.39 is 46.9 Å². The molecule has 0 heterocycles. The number of methoxy groups -OCH3 is 2. The Kier molecular flexibility index (Phi) is 12.7.